The molecule has 5 aromatic carbocycles. The highest BCUT2D eigenvalue weighted by Gasteiger charge is 2.28. The van der Waals surface area contributed by atoms with E-state index in [-0.39, 0.29) is 35.5 Å². The lowest BCUT2D eigenvalue weighted by molar-refractivity contribution is 0.0601. The van der Waals surface area contributed by atoms with Crippen LogP contribution in [0.1, 0.15) is 102 Å². The maximum absolute atomic E-state index is 14.6. The van der Waals surface area contributed by atoms with E-state index in [0.717, 1.165) is 106 Å². The molecule has 6 aromatic heterocycles. The van der Waals surface area contributed by atoms with Gasteiger partial charge in [0.25, 0.3) is 0 Å². The van der Waals surface area contributed by atoms with Crippen LogP contribution in [-0.2, 0) is 11.3 Å². The highest BCUT2D eigenvalue weighted by Crippen LogP contribution is 2.40. The number of allylic oxidation sites excluding steroid dienone is 2. The molecule has 2 unspecified atom stereocenters. The third-order valence-corrected chi connectivity index (χ3v) is 14.1. The summed E-state index contributed by atoms with van der Waals surface area (Å²) in [5.74, 6) is -0.991. The normalized spacial score (nSPS) is 12.8. The number of H-pyrrole nitrogens is 6. The van der Waals surface area contributed by atoms with Crippen molar-refractivity contribution in [3.8, 4) is 22.3 Å². The Bertz CT molecular complexity index is 3920. The first kappa shape index (κ1) is 42.9. The monoisotopic (exact) mass is 908 g/mol. The maximum Gasteiger partial charge on any atom is 0.340 e. The summed E-state index contributed by atoms with van der Waals surface area (Å²) in [6.07, 6.45) is 12.1. The molecule has 0 aliphatic carbocycles. The van der Waals surface area contributed by atoms with Gasteiger partial charge in [-0.3, -0.25) is 9.59 Å². The number of benzene rings is 5. The second kappa shape index (κ2) is 16.9. The summed E-state index contributed by atoms with van der Waals surface area (Å²) >= 11 is 0. The summed E-state index contributed by atoms with van der Waals surface area (Å²) in [4.78, 5) is 61.5. The van der Waals surface area contributed by atoms with Crippen molar-refractivity contribution in [1.82, 2.24) is 29.9 Å². The molecule has 7 N–H and O–H groups in total. The highest BCUT2D eigenvalue weighted by molar-refractivity contribution is 6.21. The molecule has 0 aliphatic heterocycles. The zero-order chi connectivity index (χ0) is 47.7. The van der Waals surface area contributed by atoms with Crippen molar-refractivity contribution in [2.75, 3.05) is 7.11 Å². The van der Waals surface area contributed by atoms with Gasteiger partial charge in [-0.1, -0.05) is 81.1 Å². The molecule has 0 amide bonds. The van der Waals surface area contributed by atoms with Gasteiger partial charge in [0.05, 0.1) is 30.5 Å². The number of aliphatic hydroxyl groups excluding tert-OH is 1. The number of carbonyl (C=O) groups excluding carboxylic acids is 3. The van der Waals surface area contributed by atoms with E-state index in [0.29, 0.717) is 27.4 Å². The maximum atomic E-state index is 14.6. The van der Waals surface area contributed by atoms with Gasteiger partial charge < -0.3 is 39.7 Å². The van der Waals surface area contributed by atoms with Gasteiger partial charge in [-0.2, -0.15) is 0 Å². The minimum atomic E-state index is -0.443. The number of rotatable bonds is 13. The number of ketones is 1. The fourth-order valence-electron chi connectivity index (χ4n) is 10.4. The number of hydrogen-bond acceptors (Lipinski definition) is 5. The number of hydrogen-bond donors (Lipinski definition) is 7. The van der Waals surface area contributed by atoms with E-state index in [1.807, 2.05) is 116 Å². The predicted octanol–water partition coefficient (Wildman–Crippen LogP) is 12.9. The molecule has 0 aliphatic rings. The number of methoxy groups -OCH3 is 1. The molecule has 2 atom stereocenters. The summed E-state index contributed by atoms with van der Waals surface area (Å²) in [6.45, 7) is 9.97. The Kier molecular flexibility index (Phi) is 10.5. The molecule has 0 saturated carbocycles. The van der Waals surface area contributed by atoms with E-state index in [4.69, 9.17) is 4.74 Å². The van der Waals surface area contributed by atoms with E-state index in [2.05, 4.69) is 62.5 Å². The topological polar surface area (TPSA) is 175 Å². The molecule has 11 heteroatoms. The van der Waals surface area contributed by atoms with Crippen LogP contribution in [0.3, 0.4) is 0 Å². The second-order valence-corrected chi connectivity index (χ2v) is 17.8. The van der Waals surface area contributed by atoms with E-state index >= 15 is 0 Å². The minimum Gasteiger partial charge on any atom is -0.465 e. The number of aryl methyl sites for hydroxylation is 1. The average Bonchev–Trinajstić information content (AvgIpc) is 4.25. The van der Waals surface area contributed by atoms with Crippen molar-refractivity contribution in [3.05, 3.63) is 196 Å². The molecule has 0 spiro atoms. The third kappa shape index (κ3) is 6.96. The zero-order valence-electron chi connectivity index (χ0n) is 38.4. The van der Waals surface area contributed by atoms with Gasteiger partial charge in [-0.25, -0.2) is 4.79 Å². The summed E-state index contributed by atoms with van der Waals surface area (Å²) in [6, 6.07) is 32.0. The zero-order valence-corrected chi connectivity index (χ0v) is 38.4. The second-order valence-electron chi connectivity index (χ2n) is 17.8. The number of ether oxygens (including phenoxy) is 1. The molecular formula is C58H48N6O5. The Labute approximate surface area is 396 Å². The molecule has 0 radical (unpaired) electrons. The molecule has 0 saturated heterocycles. The molecule has 0 bridgehead atoms. The van der Waals surface area contributed by atoms with Crippen LogP contribution in [0.5, 0.6) is 0 Å². The largest absolute Gasteiger partial charge is 0.465 e. The van der Waals surface area contributed by atoms with Crippen molar-refractivity contribution in [3.63, 3.8) is 0 Å². The van der Waals surface area contributed by atoms with Crippen molar-refractivity contribution in [2.45, 2.75) is 39.2 Å². The lowest BCUT2D eigenvalue weighted by atomic mass is 9.92. The van der Waals surface area contributed by atoms with Crippen LogP contribution in [-0.4, -0.2) is 60.2 Å². The Balaban J connectivity index is 0.927. The van der Waals surface area contributed by atoms with Crippen LogP contribution in [0.25, 0.3) is 82.8 Å². The molecule has 0 fully saturated rings. The van der Waals surface area contributed by atoms with E-state index in [9.17, 15) is 19.5 Å². The molecule has 11 rings (SSSR count). The number of fused-ring (bicyclic) bond motifs is 5. The number of aromatic amines is 6. The fourth-order valence-corrected chi connectivity index (χ4v) is 10.4. The van der Waals surface area contributed by atoms with E-state index in [1.54, 1.807) is 12.3 Å². The number of esters is 1. The van der Waals surface area contributed by atoms with Gasteiger partial charge in [0.1, 0.15) is 0 Å². The minimum absolute atomic E-state index is 0.0458. The summed E-state index contributed by atoms with van der Waals surface area (Å²) in [5, 5.41) is 14.5. The Morgan fingerprint density at radius 2 is 1.23 bits per heavy atom. The smallest absolute Gasteiger partial charge is 0.340 e. The Hall–Kier alpha value is -8.67. The number of para-hydroxylation sites is 1. The summed E-state index contributed by atoms with van der Waals surface area (Å²) in [7, 11) is 1.39. The van der Waals surface area contributed by atoms with Crippen LogP contribution >= 0.6 is 0 Å². The first-order valence-electron chi connectivity index (χ1n) is 22.9. The lowest BCUT2D eigenvalue weighted by Gasteiger charge is -2.13. The molecule has 11 nitrogen and oxygen atoms in total. The third-order valence-electron chi connectivity index (χ3n) is 14.1. The summed E-state index contributed by atoms with van der Waals surface area (Å²) < 4.78 is 5.36. The number of aliphatic hydroxyl groups is 1. The Morgan fingerprint density at radius 1 is 0.652 bits per heavy atom. The van der Waals surface area contributed by atoms with Gasteiger partial charge in [-0.05, 0) is 100 Å². The number of aldehydes is 1. The molecular weight excluding hydrogens is 861 g/mol. The van der Waals surface area contributed by atoms with E-state index < -0.39 is 5.97 Å². The van der Waals surface area contributed by atoms with Crippen molar-refractivity contribution in [2.24, 2.45) is 0 Å². The van der Waals surface area contributed by atoms with Gasteiger partial charge in [0, 0.05) is 113 Å². The van der Waals surface area contributed by atoms with Crippen molar-refractivity contribution >= 4 is 78.6 Å². The van der Waals surface area contributed by atoms with Gasteiger partial charge in [-0.15, -0.1) is 0 Å². The molecule has 6 heterocycles. The number of aromatic nitrogens is 6. The van der Waals surface area contributed by atoms with Crippen molar-refractivity contribution < 1.29 is 24.2 Å². The van der Waals surface area contributed by atoms with E-state index in [1.165, 1.54) is 7.11 Å². The van der Waals surface area contributed by atoms with Gasteiger partial charge >= 0.3 is 5.97 Å². The molecule has 69 heavy (non-hydrogen) atoms. The lowest BCUT2D eigenvalue weighted by Crippen LogP contribution is -2.08. The van der Waals surface area contributed by atoms with Crippen LogP contribution in [0.15, 0.2) is 134 Å². The quantitative estimate of drug-likeness (QED) is 0.0263. The van der Waals surface area contributed by atoms with Crippen LogP contribution < -0.4 is 0 Å². The van der Waals surface area contributed by atoms with Gasteiger partial charge in [0.15, 0.2) is 6.29 Å². The van der Waals surface area contributed by atoms with Crippen molar-refractivity contribution in [1.29, 1.82) is 0 Å². The van der Waals surface area contributed by atoms with Crippen LogP contribution in [0.4, 0.5) is 0 Å². The number of carbonyl (C=O) groups is 3. The van der Waals surface area contributed by atoms with Crippen LogP contribution in [0.2, 0.25) is 0 Å². The highest BCUT2D eigenvalue weighted by atomic mass is 16.5. The first-order chi connectivity index (χ1) is 33.6. The molecule has 11 aromatic rings. The number of nitrogens with one attached hydrogen (secondary N) is 6. The predicted molar refractivity (Wildman–Crippen MR) is 275 cm³/mol. The molecule has 340 valence electrons. The fraction of sp³-hybridized carbons (Fsp3) is 0.121. The van der Waals surface area contributed by atoms with Gasteiger partial charge in [0.2, 0.25) is 5.78 Å². The first-order valence-corrected chi connectivity index (χ1v) is 22.9. The summed E-state index contributed by atoms with van der Waals surface area (Å²) in [5.41, 5.74) is 15.9. The SMILES string of the molecule is C=C/C=C\c1c(C(C)c2[nH]c3ccc(-c4ccc5[nH]cc(C(=O)c6[nH]c7ccc(-c8ccc9[nH]cc(C(C)c%10[nH]c%11ccccc%11c%10CO)c9c8)cc7c6C=O)c5c4)cc3c2C(=O)OC)c[nH]c1C. The standard InChI is InChI=1S/C58H48N6O5/c1-6-7-10-37-32(4)59-25-43(37)31(3)55-53(58(68)69-5)42-24-36(16-20-52(42)63-55)34-14-18-49-40(22-34)45(27-61-49)57(67)56-47(29-66)41-23-35(15-19-51(41)64-56)33-13-17-48-39(21-33)44(26-60-48)30(2)54-46(28-65)38-11-8-9-12-50(38)62-54/h6-27,29-31,59-65H,1,28H2,2-5H3/b10-7-. The van der Waals surface area contributed by atoms with Crippen LogP contribution in [0, 0.1) is 6.92 Å². The average molecular weight is 909 g/mol. The Morgan fingerprint density at radius 3 is 1.93 bits per heavy atom.